The summed E-state index contributed by atoms with van der Waals surface area (Å²) in [6.45, 7) is 3.68. The third-order valence-corrected chi connectivity index (χ3v) is 0.899. The number of primary amides is 1. The maximum Gasteiger partial charge on any atom is 0.244 e. The van der Waals surface area contributed by atoms with E-state index in [4.69, 9.17) is 5.73 Å². The van der Waals surface area contributed by atoms with E-state index in [9.17, 15) is 4.79 Å². The van der Waals surface area contributed by atoms with E-state index >= 15 is 0 Å². The van der Waals surface area contributed by atoms with Gasteiger partial charge in [-0.25, -0.2) is 0 Å². The number of hydrogen-bond acceptors (Lipinski definition) is 2. The van der Waals surface area contributed by atoms with Gasteiger partial charge in [-0.2, -0.15) is 0 Å². The van der Waals surface area contributed by atoms with Crippen molar-refractivity contribution >= 4 is 22.9 Å². The molecule has 80 valence electrons. The molecule has 0 aliphatic carbocycles. The maximum atomic E-state index is 10.2. The largest absolute Gasteiger partial charge is 0.366 e. The molecule has 0 saturated carbocycles. The van der Waals surface area contributed by atoms with Gasteiger partial charge in [-0.15, -0.1) is 17.0 Å². The van der Waals surface area contributed by atoms with Gasteiger partial charge < -0.3 is 10.6 Å². The zero-order valence-corrected chi connectivity index (χ0v) is 10.8. The van der Waals surface area contributed by atoms with Crippen LogP contribution in [0, 0.1) is 0 Å². The fourth-order valence-electron chi connectivity index (χ4n) is 0.407. The average Bonchev–Trinajstić information content (AvgIpc) is 1.86. The zero-order chi connectivity index (χ0) is 10.1. The molecule has 0 unspecified atom stereocenters. The van der Waals surface area contributed by atoms with Crippen LogP contribution in [0.2, 0.25) is 0 Å². The molecule has 0 heterocycles. The summed E-state index contributed by atoms with van der Waals surface area (Å²) in [6, 6.07) is 0. The average molecular weight is 253 g/mol. The van der Waals surface area contributed by atoms with Gasteiger partial charge in [0.2, 0.25) is 5.91 Å². The number of allylic oxidation sites excluding steroid dienone is 1. The number of nitrogens with two attached hydrogens (primary N) is 1. The highest BCUT2D eigenvalue weighted by Crippen LogP contribution is 1.91. The summed E-state index contributed by atoms with van der Waals surface area (Å²) in [5.74, 6) is -0.327. The van der Waals surface area contributed by atoms with Crippen LogP contribution in [0.4, 0.5) is 0 Å². The summed E-state index contributed by atoms with van der Waals surface area (Å²) in [5.41, 5.74) is 5.56. The van der Waals surface area contributed by atoms with Crippen LogP contribution in [0.1, 0.15) is 20.3 Å². The van der Waals surface area contributed by atoms with E-state index in [0.29, 0.717) is 5.57 Å². The second kappa shape index (κ2) is 11.6. The van der Waals surface area contributed by atoms with Crippen LogP contribution in [0.3, 0.4) is 0 Å². The number of carbonyl (C=O) groups excluding carboxylic acids is 1. The highest BCUT2D eigenvalue weighted by atomic mass is 79.9. The second-order valence-corrected chi connectivity index (χ2v) is 3.00. The molecule has 0 aliphatic rings. The van der Waals surface area contributed by atoms with Crippen molar-refractivity contribution < 1.29 is 4.79 Å². The molecule has 0 atom stereocenters. The third kappa shape index (κ3) is 24.5. The first-order chi connectivity index (χ1) is 5.41. The van der Waals surface area contributed by atoms with Gasteiger partial charge in [0.1, 0.15) is 0 Å². The molecule has 0 aromatic carbocycles. The van der Waals surface area contributed by atoms with Gasteiger partial charge >= 0.3 is 0 Å². The van der Waals surface area contributed by atoms with Crippen molar-refractivity contribution in [2.75, 3.05) is 21.1 Å². The van der Waals surface area contributed by atoms with Crippen molar-refractivity contribution in [3.8, 4) is 0 Å². The first-order valence-electron chi connectivity index (χ1n) is 3.99. The lowest BCUT2D eigenvalue weighted by Gasteiger charge is -1.90. The van der Waals surface area contributed by atoms with E-state index in [2.05, 4.69) is 0 Å². The molecule has 0 radical (unpaired) electrons. The molecule has 0 spiro atoms. The third-order valence-electron chi connectivity index (χ3n) is 0.899. The van der Waals surface area contributed by atoms with Crippen LogP contribution < -0.4 is 5.73 Å². The molecule has 0 saturated heterocycles. The molecule has 2 N–H and O–H groups in total. The maximum absolute atomic E-state index is 10.2. The van der Waals surface area contributed by atoms with E-state index in [-0.39, 0.29) is 22.9 Å². The monoisotopic (exact) mass is 252 g/mol. The highest BCUT2D eigenvalue weighted by molar-refractivity contribution is 8.93. The summed E-state index contributed by atoms with van der Waals surface area (Å²) in [4.78, 5) is 12.2. The van der Waals surface area contributed by atoms with Gasteiger partial charge in [0, 0.05) is 5.57 Å². The Kier molecular flexibility index (Phi) is 16.5. The number of nitrogens with zero attached hydrogens (tertiary/aromatic N) is 1. The number of hydrogen-bond donors (Lipinski definition) is 1. The fraction of sp³-hybridized carbons (Fsp3) is 0.667. The van der Waals surface area contributed by atoms with Crippen molar-refractivity contribution in [1.82, 2.24) is 4.90 Å². The van der Waals surface area contributed by atoms with Crippen molar-refractivity contribution in [2.45, 2.75) is 20.3 Å². The fourth-order valence-corrected chi connectivity index (χ4v) is 0.407. The summed E-state index contributed by atoms with van der Waals surface area (Å²) in [5, 5.41) is 0. The molecule has 0 aromatic rings. The summed E-state index contributed by atoms with van der Waals surface area (Å²) in [7, 11) is 6.00. The Morgan fingerprint density at radius 2 is 1.69 bits per heavy atom. The predicted molar refractivity (Wildman–Crippen MR) is 63.2 cm³/mol. The summed E-state index contributed by atoms with van der Waals surface area (Å²) < 4.78 is 0. The van der Waals surface area contributed by atoms with E-state index in [1.54, 1.807) is 6.92 Å². The Hall–Kier alpha value is -0.350. The lowest BCUT2D eigenvalue weighted by Crippen LogP contribution is -2.11. The topological polar surface area (TPSA) is 46.3 Å². The Balaban J connectivity index is -0.000000173. The van der Waals surface area contributed by atoms with Crippen molar-refractivity contribution in [1.29, 1.82) is 0 Å². The van der Waals surface area contributed by atoms with Crippen LogP contribution in [0.5, 0.6) is 0 Å². The van der Waals surface area contributed by atoms with Crippen LogP contribution in [0.25, 0.3) is 0 Å². The molecule has 0 rings (SSSR count). The number of rotatable bonds is 2. The smallest absolute Gasteiger partial charge is 0.244 e. The summed E-state index contributed by atoms with van der Waals surface area (Å²) in [6.07, 6.45) is 2.68. The van der Waals surface area contributed by atoms with Crippen LogP contribution >= 0.6 is 17.0 Å². The van der Waals surface area contributed by atoms with Crippen molar-refractivity contribution in [2.24, 2.45) is 5.73 Å². The molecule has 1 amide bonds. The highest BCUT2D eigenvalue weighted by Gasteiger charge is 1.91. The molecule has 4 heteroatoms. The van der Waals surface area contributed by atoms with Gasteiger partial charge in [0.15, 0.2) is 0 Å². The van der Waals surface area contributed by atoms with Crippen LogP contribution in [0.15, 0.2) is 11.6 Å². The first kappa shape index (κ1) is 18.4. The van der Waals surface area contributed by atoms with Gasteiger partial charge in [-0.3, -0.25) is 4.79 Å². The molecular weight excluding hydrogens is 232 g/mol. The van der Waals surface area contributed by atoms with Gasteiger partial charge in [0.25, 0.3) is 0 Å². The zero-order valence-electron chi connectivity index (χ0n) is 9.13. The van der Waals surface area contributed by atoms with Gasteiger partial charge in [-0.05, 0) is 34.5 Å². The Morgan fingerprint density at radius 1 is 1.38 bits per heavy atom. The number of halogens is 1. The summed E-state index contributed by atoms with van der Waals surface area (Å²) >= 11 is 0. The van der Waals surface area contributed by atoms with E-state index in [1.165, 1.54) is 0 Å². The minimum Gasteiger partial charge on any atom is -0.366 e. The van der Waals surface area contributed by atoms with E-state index in [1.807, 2.05) is 39.0 Å². The normalized spacial score (nSPS) is 9.85. The number of amides is 1. The standard InChI is InChI=1S/C6H11NO.C3H9N.BrH/c1-3-4-5(2)6(7)8;1-4(2)3;/h4H,3H2,1-2H3,(H2,7,8);1-3H3;1H. The minimum atomic E-state index is -0.327. The molecule has 13 heavy (non-hydrogen) atoms. The molecule has 3 nitrogen and oxygen atoms in total. The van der Waals surface area contributed by atoms with Crippen LogP contribution in [-0.2, 0) is 4.79 Å². The number of carbonyl (C=O) groups is 1. The molecule has 0 aliphatic heterocycles. The molecule has 0 aromatic heterocycles. The molecule has 0 bridgehead atoms. The van der Waals surface area contributed by atoms with Crippen LogP contribution in [-0.4, -0.2) is 32.0 Å². The Labute approximate surface area is 91.7 Å². The second-order valence-electron chi connectivity index (χ2n) is 3.00. The SMILES string of the molecule is Br.CCC=C(C)C(N)=O.CN(C)C. The molecule has 0 fully saturated rings. The minimum absolute atomic E-state index is 0. The van der Waals surface area contributed by atoms with Gasteiger partial charge in [0.05, 0.1) is 0 Å². The lowest BCUT2D eigenvalue weighted by molar-refractivity contribution is -0.114. The lowest BCUT2D eigenvalue weighted by atomic mass is 10.2. The van der Waals surface area contributed by atoms with E-state index in [0.717, 1.165) is 6.42 Å². The van der Waals surface area contributed by atoms with Crippen molar-refractivity contribution in [3.63, 3.8) is 0 Å². The van der Waals surface area contributed by atoms with Crippen molar-refractivity contribution in [3.05, 3.63) is 11.6 Å². The van der Waals surface area contributed by atoms with E-state index < -0.39 is 0 Å². The Bertz CT molecular complexity index is 153. The predicted octanol–water partition coefficient (Wildman–Crippen LogP) is 1.58. The quantitative estimate of drug-likeness (QED) is 0.759. The molecular formula is C9H21BrN2O. The van der Waals surface area contributed by atoms with Gasteiger partial charge in [-0.1, -0.05) is 13.0 Å². The first-order valence-corrected chi connectivity index (χ1v) is 3.99. The Morgan fingerprint density at radius 3 is 1.77 bits per heavy atom.